The third kappa shape index (κ3) is 4.80. The highest BCUT2D eigenvalue weighted by Gasteiger charge is 2.58. The summed E-state index contributed by atoms with van der Waals surface area (Å²) in [5.41, 5.74) is 6.48. The van der Waals surface area contributed by atoms with Crippen LogP contribution in [-0.2, 0) is 25.7 Å². The molecule has 2 fully saturated rings. The quantitative estimate of drug-likeness (QED) is 0.712. The van der Waals surface area contributed by atoms with E-state index in [1.165, 1.54) is 0 Å². The average molecular weight is 411 g/mol. The molecule has 3 N–H and O–H groups in total. The number of nitrogens with one attached hydrogen (secondary N) is 1. The minimum Gasteiger partial charge on any atom is -0.460 e. The second-order valence-electron chi connectivity index (χ2n) is 7.85. The molecule has 2 aliphatic rings. The van der Waals surface area contributed by atoms with Crippen LogP contribution in [0.1, 0.15) is 26.3 Å². The molecule has 3 atom stereocenters. The summed E-state index contributed by atoms with van der Waals surface area (Å²) >= 11 is 3.34. The Labute approximate surface area is 168 Å². The zero-order valence-corrected chi connectivity index (χ0v) is 17.4. The van der Waals surface area contributed by atoms with Crippen LogP contribution >= 0.6 is 23.5 Å². The van der Waals surface area contributed by atoms with E-state index in [4.69, 9.17) is 15.2 Å². The van der Waals surface area contributed by atoms with Gasteiger partial charge >= 0.3 is 11.9 Å². The first kappa shape index (κ1) is 20.5. The van der Waals surface area contributed by atoms with E-state index in [9.17, 15) is 9.59 Å². The van der Waals surface area contributed by atoms with Gasteiger partial charge in [0.05, 0.1) is 10.1 Å². The van der Waals surface area contributed by atoms with Gasteiger partial charge in [0.2, 0.25) is 0 Å². The number of nitrogens with two attached hydrogens (primary N) is 1. The Hall–Kier alpha value is -1.22. The largest absolute Gasteiger partial charge is 0.460 e. The highest BCUT2D eigenvalue weighted by atomic mass is 32.2. The van der Waals surface area contributed by atoms with Crippen molar-refractivity contribution in [2.45, 2.75) is 55.2 Å². The standard InChI is InChI=1S/C19H26N2O4S2/c1-18(2,3)25-16(22)13(20)15-21-14(19(27-15)10-26-11-19)17(23)24-9-12-7-5-4-6-8-12/h4-8,13-15,21H,9-11,20H2,1-3H3. The molecule has 3 rings (SSSR count). The molecule has 2 heterocycles. The van der Waals surface area contributed by atoms with Gasteiger partial charge in [-0.25, -0.2) is 0 Å². The van der Waals surface area contributed by atoms with Gasteiger partial charge in [0, 0.05) is 11.5 Å². The van der Waals surface area contributed by atoms with Crippen LogP contribution in [0.3, 0.4) is 0 Å². The molecule has 2 aliphatic heterocycles. The van der Waals surface area contributed by atoms with E-state index in [1.54, 1.807) is 44.3 Å². The number of carbonyl (C=O) groups is 2. The maximum atomic E-state index is 12.7. The topological polar surface area (TPSA) is 90.6 Å². The van der Waals surface area contributed by atoms with Gasteiger partial charge in [-0.3, -0.25) is 14.9 Å². The summed E-state index contributed by atoms with van der Waals surface area (Å²) in [6.07, 6.45) is 0. The molecule has 27 heavy (non-hydrogen) atoms. The number of rotatable bonds is 5. The van der Waals surface area contributed by atoms with E-state index in [1.807, 2.05) is 30.3 Å². The number of esters is 2. The lowest BCUT2D eigenvalue weighted by molar-refractivity contribution is -0.157. The van der Waals surface area contributed by atoms with Crippen molar-refractivity contribution in [1.82, 2.24) is 5.32 Å². The predicted octanol–water partition coefficient (Wildman–Crippen LogP) is 1.92. The Balaban J connectivity index is 1.63. The van der Waals surface area contributed by atoms with Crippen molar-refractivity contribution >= 4 is 35.5 Å². The molecule has 2 saturated heterocycles. The van der Waals surface area contributed by atoms with E-state index in [0.29, 0.717) is 0 Å². The van der Waals surface area contributed by atoms with Gasteiger partial charge in [0.15, 0.2) is 0 Å². The van der Waals surface area contributed by atoms with Crippen molar-refractivity contribution in [2.24, 2.45) is 5.73 Å². The van der Waals surface area contributed by atoms with Gasteiger partial charge in [-0.05, 0) is 26.3 Å². The first-order valence-corrected chi connectivity index (χ1v) is 10.9. The minimum absolute atomic E-state index is 0.231. The van der Waals surface area contributed by atoms with E-state index < -0.39 is 23.7 Å². The molecule has 1 aromatic rings. The number of hydrogen-bond acceptors (Lipinski definition) is 8. The van der Waals surface area contributed by atoms with E-state index in [2.05, 4.69) is 5.32 Å². The zero-order chi connectivity index (χ0) is 19.7. The van der Waals surface area contributed by atoms with Gasteiger partial charge in [-0.2, -0.15) is 11.8 Å². The summed E-state index contributed by atoms with van der Waals surface area (Å²) < 4.78 is 10.7. The molecule has 0 aliphatic carbocycles. The van der Waals surface area contributed by atoms with Crippen LogP contribution < -0.4 is 11.1 Å². The molecule has 1 aromatic carbocycles. The smallest absolute Gasteiger partial charge is 0.325 e. The molecule has 0 aromatic heterocycles. The lowest BCUT2D eigenvalue weighted by Gasteiger charge is -2.39. The van der Waals surface area contributed by atoms with Crippen LogP contribution in [0.2, 0.25) is 0 Å². The second kappa shape index (κ2) is 8.03. The molecule has 0 bridgehead atoms. The molecule has 0 saturated carbocycles. The Morgan fingerprint density at radius 1 is 1.30 bits per heavy atom. The van der Waals surface area contributed by atoms with Crippen LogP contribution in [0.4, 0.5) is 0 Å². The molecule has 0 amide bonds. The summed E-state index contributed by atoms with van der Waals surface area (Å²) in [4.78, 5) is 25.1. The fraction of sp³-hybridized carbons (Fsp3) is 0.579. The lowest BCUT2D eigenvalue weighted by Crippen LogP contribution is -2.57. The van der Waals surface area contributed by atoms with Crippen molar-refractivity contribution in [1.29, 1.82) is 0 Å². The van der Waals surface area contributed by atoms with Crippen molar-refractivity contribution in [3.63, 3.8) is 0 Å². The maximum absolute atomic E-state index is 12.7. The number of benzene rings is 1. The molecule has 0 radical (unpaired) electrons. The summed E-state index contributed by atoms with van der Waals surface area (Å²) in [6.45, 7) is 5.65. The van der Waals surface area contributed by atoms with Gasteiger partial charge < -0.3 is 15.2 Å². The van der Waals surface area contributed by atoms with E-state index >= 15 is 0 Å². The first-order chi connectivity index (χ1) is 12.7. The third-order valence-corrected chi connectivity index (χ3v) is 7.86. The lowest BCUT2D eigenvalue weighted by atomic mass is 10.0. The number of hydrogen-bond donors (Lipinski definition) is 2. The minimum atomic E-state index is -0.844. The maximum Gasteiger partial charge on any atom is 0.325 e. The molecule has 1 spiro atoms. The fourth-order valence-electron chi connectivity index (χ4n) is 2.97. The third-order valence-electron chi connectivity index (χ3n) is 4.38. The zero-order valence-electron chi connectivity index (χ0n) is 15.8. The summed E-state index contributed by atoms with van der Waals surface area (Å²) in [5.74, 6) is 0.888. The van der Waals surface area contributed by atoms with Crippen molar-refractivity contribution in [3.8, 4) is 0 Å². The van der Waals surface area contributed by atoms with Crippen LogP contribution in [0.25, 0.3) is 0 Å². The number of ether oxygens (including phenoxy) is 2. The molecular weight excluding hydrogens is 384 g/mol. The molecule has 148 valence electrons. The van der Waals surface area contributed by atoms with Crippen molar-refractivity contribution in [3.05, 3.63) is 35.9 Å². The Morgan fingerprint density at radius 2 is 1.96 bits per heavy atom. The summed E-state index contributed by atoms with van der Waals surface area (Å²) in [5, 5.41) is 2.86. The molecular formula is C19H26N2O4S2. The van der Waals surface area contributed by atoms with Crippen molar-refractivity contribution < 1.29 is 19.1 Å². The Kier molecular flexibility index (Phi) is 6.10. The van der Waals surface area contributed by atoms with Crippen molar-refractivity contribution in [2.75, 3.05) is 11.5 Å². The number of thioether (sulfide) groups is 2. The fourth-order valence-corrected chi connectivity index (χ4v) is 6.23. The SMILES string of the molecule is CC(C)(C)OC(=O)C(N)C1NC(C(=O)OCc2ccccc2)C2(CSC2)S1. The van der Waals surface area contributed by atoms with Crippen LogP contribution in [0.5, 0.6) is 0 Å². The highest BCUT2D eigenvalue weighted by molar-refractivity contribution is 8.08. The van der Waals surface area contributed by atoms with Crippen LogP contribution in [-0.4, -0.2) is 51.2 Å². The van der Waals surface area contributed by atoms with Crippen LogP contribution in [0, 0.1) is 0 Å². The Bertz CT molecular complexity index is 689. The monoisotopic (exact) mass is 410 g/mol. The average Bonchev–Trinajstić information content (AvgIpc) is 2.99. The molecule has 6 nitrogen and oxygen atoms in total. The molecule has 8 heteroatoms. The van der Waals surface area contributed by atoms with E-state index in [-0.39, 0.29) is 22.7 Å². The first-order valence-electron chi connectivity index (χ1n) is 8.91. The summed E-state index contributed by atoms with van der Waals surface area (Å²) in [6, 6.07) is 8.25. The van der Waals surface area contributed by atoms with Gasteiger partial charge in [-0.15, -0.1) is 11.8 Å². The Morgan fingerprint density at radius 3 is 2.52 bits per heavy atom. The number of carbonyl (C=O) groups excluding carboxylic acids is 2. The second-order valence-corrected chi connectivity index (χ2v) is 10.4. The van der Waals surface area contributed by atoms with Gasteiger partial charge in [0.25, 0.3) is 0 Å². The molecule has 3 unspecified atom stereocenters. The highest BCUT2D eigenvalue weighted by Crippen LogP contribution is 2.50. The van der Waals surface area contributed by atoms with Crippen LogP contribution in [0.15, 0.2) is 30.3 Å². The van der Waals surface area contributed by atoms with Gasteiger partial charge in [-0.1, -0.05) is 30.3 Å². The van der Waals surface area contributed by atoms with Gasteiger partial charge in [0.1, 0.15) is 24.3 Å². The normalized spacial score (nSPS) is 24.9. The summed E-state index contributed by atoms with van der Waals surface area (Å²) in [7, 11) is 0. The van der Waals surface area contributed by atoms with E-state index in [0.717, 1.165) is 17.1 Å². The predicted molar refractivity (Wildman–Crippen MR) is 108 cm³/mol.